The minimum atomic E-state index is -0.621. The van der Waals surface area contributed by atoms with Crippen LogP contribution < -0.4 is 10.1 Å². The fourth-order valence-corrected chi connectivity index (χ4v) is 2.73. The molecule has 0 radical (unpaired) electrons. The van der Waals surface area contributed by atoms with E-state index >= 15 is 0 Å². The second-order valence-electron chi connectivity index (χ2n) is 6.32. The molecule has 3 aromatic rings. The van der Waals surface area contributed by atoms with Gasteiger partial charge in [0.05, 0.1) is 0 Å². The van der Waals surface area contributed by atoms with Gasteiger partial charge in [-0.1, -0.05) is 48.0 Å². The van der Waals surface area contributed by atoms with Crippen molar-refractivity contribution in [2.45, 2.75) is 26.0 Å². The van der Waals surface area contributed by atoms with E-state index in [4.69, 9.17) is 4.74 Å². The van der Waals surface area contributed by atoms with Crippen molar-refractivity contribution in [2.75, 3.05) is 0 Å². The Labute approximate surface area is 153 Å². The molecule has 0 aliphatic rings. The molecule has 5 heteroatoms. The summed E-state index contributed by atoms with van der Waals surface area (Å²) in [6.45, 7) is 3.76. The summed E-state index contributed by atoms with van der Waals surface area (Å²) in [7, 11) is 1.91. The summed E-state index contributed by atoms with van der Waals surface area (Å²) in [5.41, 5.74) is 2.12. The summed E-state index contributed by atoms with van der Waals surface area (Å²) in [6.07, 6.45) is 2.97. The van der Waals surface area contributed by atoms with Gasteiger partial charge in [0.25, 0.3) is 5.91 Å². The summed E-state index contributed by atoms with van der Waals surface area (Å²) in [4.78, 5) is 17.1. The van der Waals surface area contributed by atoms with Crippen LogP contribution in [0.5, 0.6) is 5.75 Å². The molecule has 0 saturated heterocycles. The number of carbonyl (C=O) groups is 1. The molecule has 26 heavy (non-hydrogen) atoms. The van der Waals surface area contributed by atoms with Crippen molar-refractivity contribution in [2.24, 2.45) is 7.05 Å². The number of nitrogens with one attached hydrogen (secondary N) is 1. The van der Waals surface area contributed by atoms with Gasteiger partial charge < -0.3 is 14.6 Å². The number of ether oxygens (including phenoxy) is 1. The van der Waals surface area contributed by atoms with E-state index in [9.17, 15) is 4.79 Å². The third-order valence-corrected chi connectivity index (χ3v) is 4.24. The summed E-state index contributed by atoms with van der Waals surface area (Å²) >= 11 is 0. The van der Waals surface area contributed by atoms with Crippen LogP contribution in [0.1, 0.15) is 29.9 Å². The fourth-order valence-electron chi connectivity index (χ4n) is 2.73. The van der Waals surface area contributed by atoms with Crippen LogP contribution in [0.15, 0.2) is 67.0 Å². The first-order valence-corrected chi connectivity index (χ1v) is 8.60. The van der Waals surface area contributed by atoms with E-state index in [2.05, 4.69) is 10.3 Å². The third kappa shape index (κ3) is 4.11. The molecule has 5 nitrogen and oxygen atoms in total. The van der Waals surface area contributed by atoms with E-state index in [1.54, 1.807) is 13.1 Å². The number of imidazole rings is 1. The summed E-state index contributed by atoms with van der Waals surface area (Å²) < 4.78 is 7.68. The van der Waals surface area contributed by atoms with Crippen molar-refractivity contribution in [1.29, 1.82) is 0 Å². The van der Waals surface area contributed by atoms with Crippen LogP contribution in [0.4, 0.5) is 0 Å². The molecule has 3 rings (SSSR count). The lowest BCUT2D eigenvalue weighted by Crippen LogP contribution is -2.39. The number of rotatable bonds is 6. The number of nitrogens with zero attached hydrogens (tertiary/aromatic N) is 2. The number of hydrogen-bond acceptors (Lipinski definition) is 3. The van der Waals surface area contributed by atoms with E-state index in [1.807, 2.05) is 79.3 Å². The summed E-state index contributed by atoms with van der Waals surface area (Å²) in [5, 5.41) is 3.06. The molecule has 134 valence electrons. The first-order chi connectivity index (χ1) is 12.5. The molecule has 0 fully saturated rings. The second kappa shape index (κ2) is 7.87. The zero-order chi connectivity index (χ0) is 18.5. The van der Waals surface area contributed by atoms with Crippen molar-refractivity contribution in [3.63, 3.8) is 0 Å². The highest BCUT2D eigenvalue weighted by Crippen LogP contribution is 2.21. The molecule has 2 atom stereocenters. The Bertz CT molecular complexity index is 856. The summed E-state index contributed by atoms with van der Waals surface area (Å²) in [6, 6.07) is 17.1. The van der Waals surface area contributed by atoms with Gasteiger partial charge in [0.2, 0.25) is 0 Å². The molecule has 0 unspecified atom stereocenters. The quantitative estimate of drug-likeness (QED) is 0.742. The van der Waals surface area contributed by atoms with Crippen molar-refractivity contribution in [1.82, 2.24) is 14.9 Å². The molecular formula is C21H23N3O2. The average molecular weight is 349 g/mol. The van der Waals surface area contributed by atoms with Gasteiger partial charge in [-0.3, -0.25) is 4.79 Å². The molecular weight excluding hydrogens is 326 g/mol. The molecule has 0 aliphatic carbocycles. The number of amides is 1. The Balaban J connectivity index is 1.77. The van der Waals surface area contributed by atoms with E-state index < -0.39 is 6.10 Å². The van der Waals surface area contributed by atoms with Crippen molar-refractivity contribution < 1.29 is 9.53 Å². The third-order valence-electron chi connectivity index (χ3n) is 4.24. The minimum Gasteiger partial charge on any atom is -0.481 e. The highest BCUT2D eigenvalue weighted by atomic mass is 16.5. The van der Waals surface area contributed by atoms with Crippen LogP contribution in [0.25, 0.3) is 0 Å². The molecule has 0 bridgehead atoms. The van der Waals surface area contributed by atoms with Crippen molar-refractivity contribution in [3.05, 3.63) is 83.9 Å². The monoisotopic (exact) mass is 349 g/mol. The highest BCUT2D eigenvalue weighted by molar-refractivity contribution is 5.81. The number of benzene rings is 2. The number of aromatic nitrogens is 2. The largest absolute Gasteiger partial charge is 0.481 e. The second-order valence-corrected chi connectivity index (χ2v) is 6.32. The fraction of sp³-hybridized carbons (Fsp3) is 0.238. The van der Waals surface area contributed by atoms with Crippen LogP contribution in [0.3, 0.4) is 0 Å². The van der Waals surface area contributed by atoms with E-state index in [0.717, 1.165) is 17.0 Å². The lowest BCUT2D eigenvalue weighted by atomic mass is 10.1. The van der Waals surface area contributed by atoms with Gasteiger partial charge in [-0.2, -0.15) is 0 Å². The lowest BCUT2D eigenvalue weighted by Gasteiger charge is -2.22. The predicted octanol–water partition coefficient (Wildman–Crippen LogP) is 3.40. The zero-order valence-electron chi connectivity index (χ0n) is 15.2. The van der Waals surface area contributed by atoms with Crippen molar-refractivity contribution in [3.8, 4) is 5.75 Å². The minimum absolute atomic E-state index is 0.192. The molecule has 0 saturated carbocycles. The molecule has 1 heterocycles. The van der Waals surface area contributed by atoms with E-state index in [-0.39, 0.29) is 11.9 Å². The van der Waals surface area contributed by atoms with E-state index in [0.29, 0.717) is 5.75 Å². The number of carbonyl (C=O) groups excluding carboxylic acids is 1. The Morgan fingerprint density at radius 3 is 2.42 bits per heavy atom. The van der Waals surface area contributed by atoms with Crippen LogP contribution in [0, 0.1) is 6.92 Å². The molecule has 2 aromatic carbocycles. The summed E-state index contributed by atoms with van der Waals surface area (Å²) in [5.74, 6) is 1.25. The maximum atomic E-state index is 12.7. The normalized spacial score (nSPS) is 13.0. The van der Waals surface area contributed by atoms with Crippen LogP contribution in [-0.2, 0) is 11.8 Å². The molecule has 0 spiro atoms. The van der Waals surface area contributed by atoms with Crippen molar-refractivity contribution >= 4 is 5.91 Å². The molecule has 0 aliphatic heterocycles. The van der Waals surface area contributed by atoms with Gasteiger partial charge in [-0.15, -0.1) is 0 Å². The van der Waals surface area contributed by atoms with E-state index in [1.165, 1.54) is 0 Å². The maximum Gasteiger partial charge on any atom is 0.261 e. The Morgan fingerprint density at radius 2 is 1.81 bits per heavy atom. The van der Waals surface area contributed by atoms with Gasteiger partial charge in [-0.25, -0.2) is 4.98 Å². The molecule has 1 aromatic heterocycles. The van der Waals surface area contributed by atoms with Gasteiger partial charge in [-0.05, 0) is 31.5 Å². The number of hydrogen-bond donors (Lipinski definition) is 1. The maximum absolute atomic E-state index is 12.7. The SMILES string of the molecule is Cc1ccc(O[C@@H](C)C(=O)N[C@H](c2ccccc2)c2nccn2C)cc1. The van der Waals surface area contributed by atoms with Gasteiger partial charge in [0, 0.05) is 19.4 Å². The van der Waals surface area contributed by atoms with Crippen LogP contribution in [-0.4, -0.2) is 21.6 Å². The van der Waals surface area contributed by atoms with Gasteiger partial charge in [0.15, 0.2) is 6.10 Å². The lowest BCUT2D eigenvalue weighted by molar-refractivity contribution is -0.127. The average Bonchev–Trinajstić information content (AvgIpc) is 3.07. The zero-order valence-corrected chi connectivity index (χ0v) is 15.2. The first kappa shape index (κ1) is 17.7. The Morgan fingerprint density at radius 1 is 1.12 bits per heavy atom. The predicted molar refractivity (Wildman–Crippen MR) is 101 cm³/mol. The standard InChI is InChI=1S/C21H23N3O2/c1-15-9-11-18(12-10-15)26-16(2)21(25)23-19(17-7-5-4-6-8-17)20-22-13-14-24(20)3/h4-14,16,19H,1-3H3,(H,23,25)/t16-,19+/m0/s1. The van der Waals surface area contributed by atoms with Crippen LogP contribution in [0.2, 0.25) is 0 Å². The van der Waals surface area contributed by atoms with Gasteiger partial charge in [0.1, 0.15) is 17.6 Å². The van der Waals surface area contributed by atoms with Gasteiger partial charge >= 0.3 is 0 Å². The highest BCUT2D eigenvalue weighted by Gasteiger charge is 2.24. The number of aryl methyl sites for hydroxylation is 2. The first-order valence-electron chi connectivity index (χ1n) is 8.60. The Kier molecular flexibility index (Phi) is 5.37. The van der Waals surface area contributed by atoms with Crippen LogP contribution >= 0.6 is 0 Å². The topological polar surface area (TPSA) is 56.1 Å². The Hall–Kier alpha value is -3.08. The smallest absolute Gasteiger partial charge is 0.261 e. The molecule has 1 N–H and O–H groups in total. The molecule has 1 amide bonds.